The molecular weight excluding hydrogens is 322 g/mol. The van der Waals surface area contributed by atoms with Crippen LogP contribution in [-0.2, 0) is 11.2 Å². The van der Waals surface area contributed by atoms with Crippen molar-refractivity contribution in [2.24, 2.45) is 0 Å². The molecule has 1 amide bonds. The van der Waals surface area contributed by atoms with E-state index >= 15 is 0 Å². The first-order valence-corrected chi connectivity index (χ1v) is 9.56. The van der Waals surface area contributed by atoms with Gasteiger partial charge in [0.05, 0.1) is 18.3 Å². The molecule has 1 fully saturated rings. The summed E-state index contributed by atoms with van der Waals surface area (Å²) in [6.07, 6.45) is 6.22. The second kappa shape index (κ2) is 8.35. The maximum atomic E-state index is 12.4. The SMILES string of the molecule is Cc1cncc(N2CCC(NC(=O)Cc3ccc(C(C)C)cc3)CC2)c1. The van der Waals surface area contributed by atoms with E-state index in [2.05, 4.69) is 66.3 Å². The molecule has 4 nitrogen and oxygen atoms in total. The van der Waals surface area contributed by atoms with E-state index in [0.29, 0.717) is 12.3 Å². The third kappa shape index (κ3) is 4.84. The summed E-state index contributed by atoms with van der Waals surface area (Å²) in [4.78, 5) is 19.0. The van der Waals surface area contributed by atoms with Crippen molar-refractivity contribution in [3.05, 3.63) is 59.4 Å². The van der Waals surface area contributed by atoms with Crippen LogP contribution in [0.3, 0.4) is 0 Å². The molecule has 1 aromatic carbocycles. The lowest BCUT2D eigenvalue weighted by atomic mass is 10.0. The van der Waals surface area contributed by atoms with Gasteiger partial charge < -0.3 is 10.2 Å². The summed E-state index contributed by atoms with van der Waals surface area (Å²) in [5, 5.41) is 3.21. The highest BCUT2D eigenvalue weighted by Crippen LogP contribution is 2.20. The number of carbonyl (C=O) groups excluding carboxylic acids is 1. The van der Waals surface area contributed by atoms with Crippen molar-refractivity contribution in [2.45, 2.75) is 52.0 Å². The molecule has 0 spiro atoms. The summed E-state index contributed by atoms with van der Waals surface area (Å²) in [6.45, 7) is 8.34. The van der Waals surface area contributed by atoms with Gasteiger partial charge >= 0.3 is 0 Å². The van der Waals surface area contributed by atoms with Crippen LogP contribution in [-0.4, -0.2) is 30.0 Å². The van der Waals surface area contributed by atoms with Gasteiger partial charge in [-0.25, -0.2) is 0 Å². The summed E-state index contributed by atoms with van der Waals surface area (Å²) < 4.78 is 0. The molecule has 1 aliphatic rings. The van der Waals surface area contributed by atoms with Gasteiger partial charge in [-0.3, -0.25) is 9.78 Å². The Morgan fingerprint density at radius 3 is 2.50 bits per heavy atom. The number of hydrogen-bond donors (Lipinski definition) is 1. The summed E-state index contributed by atoms with van der Waals surface area (Å²) in [5.74, 6) is 0.643. The van der Waals surface area contributed by atoms with E-state index in [4.69, 9.17) is 0 Å². The fourth-order valence-electron chi connectivity index (χ4n) is 3.48. The molecule has 1 aromatic heterocycles. The number of aryl methyl sites for hydroxylation is 1. The van der Waals surface area contributed by atoms with Crippen molar-refractivity contribution in [3.8, 4) is 0 Å². The first-order valence-electron chi connectivity index (χ1n) is 9.56. The highest BCUT2D eigenvalue weighted by molar-refractivity contribution is 5.78. The maximum Gasteiger partial charge on any atom is 0.224 e. The Kier molecular flexibility index (Phi) is 5.92. The number of rotatable bonds is 5. The third-order valence-corrected chi connectivity index (χ3v) is 5.10. The standard InChI is InChI=1S/C22H29N3O/c1-16(2)19-6-4-18(5-7-19)13-22(26)24-20-8-10-25(11-9-20)21-12-17(3)14-23-15-21/h4-7,12,14-16,20H,8-11,13H2,1-3H3,(H,24,26). The number of aromatic nitrogens is 1. The Labute approximate surface area is 156 Å². The molecule has 2 heterocycles. The number of pyridine rings is 1. The molecule has 0 aliphatic carbocycles. The zero-order valence-electron chi connectivity index (χ0n) is 16.0. The van der Waals surface area contributed by atoms with Crippen LogP contribution in [0.5, 0.6) is 0 Å². The lowest BCUT2D eigenvalue weighted by molar-refractivity contribution is -0.121. The number of amides is 1. The summed E-state index contributed by atoms with van der Waals surface area (Å²) >= 11 is 0. The number of nitrogens with one attached hydrogen (secondary N) is 1. The van der Waals surface area contributed by atoms with E-state index in [1.54, 1.807) is 0 Å². The van der Waals surface area contributed by atoms with Crippen molar-refractivity contribution in [1.29, 1.82) is 0 Å². The van der Waals surface area contributed by atoms with Crippen LogP contribution in [0.25, 0.3) is 0 Å². The minimum Gasteiger partial charge on any atom is -0.370 e. The maximum absolute atomic E-state index is 12.4. The predicted octanol–water partition coefficient (Wildman–Crippen LogP) is 3.84. The number of carbonyl (C=O) groups is 1. The minimum absolute atomic E-state index is 0.123. The van der Waals surface area contributed by atoms with Gasteiger partial charge in [0, 0.05) is 25.3 Å². The topological polar surface area (TPSA) is 45.2 Å². The number of hydrogen-bond acceptors (Lipinski definition) is 3. The summed E-state index contributed by atoms with van der Waals surface area (Å²) in [5.41, 5.74) is 4.75. The van der Waals surface area contributed by atoms with E-state index in [1.807, 2.05) is 12.4 Å². The Hall–Kier alpha value is -2.36. The van der Waals surface area contributed by atoms with E-state index < -0.39 is 0 Å². The van der Waals surface area contributed by atoms with Gasteiger partial charge in [0.2, 0.25) is 5.91 Å². The van der Waals surface area contributed by atoms with Crippen LogP contribution in [0.4, 0.5) is 5.69 Å². The fourth-order valence-corrected chi connectivity index (χ4v) is 3.48. The molecule has 3 rings (SSSR count). The first-order chi connectivity index (χ1) is 12.5. The van der Waals surface area contributed by atoms with E-state index in [-0.39, 0.29) is 11.9 Å². The van der Waals surface area contributed by atoms with Crippen LogP contribution in [0.15, 0.2) is 42.7 Å². The minimum atomic E-state index is 0.123. The third-order valence-electron chi connectivity index (χ3n) is 5.10. The monoisotopic (exact) mass is 351 g/mol. The van der Waals surface area contributed by atoms with Gasteiger partial charge in [-0.1, -0.05) is 38.1 Å². The molecule has 0 atom stereocenters. The van der Waals surface area contributed by atoms with Crippen LogP contribution >= 0.6 is 0 Å². The number of benzene rings is 1. The molecule has 1 N–H and O–H groups in total. The van der Waals surface area contributed by atoms with Crippen molar-refractivity contribution in [3.63, 3.8) is 0 Å². The Morgan fingerprint density at radius 1 is 1.19 bits per heavy atom. The lowest BCUT2D eigenvalue weighted by Crippen LogP contribution is -2.45. The van der Waals surface area contributed by atoms with E-state index in [9.17, 15) is 4.79 Å². The molecule has 0 bridgehead atoms. The Bertz CT molecular complexity index is 731. The summed E-state index contributed by atoms with van der Waals surface area (Å²) in [6, 6.07) is 10.8. The van der Waals surface area contributed by atoms with Crippen molar-refractivity contribution < 1.29 is 4.79 Å². The Morgan fingerprint density at radius 2 is 1.88 bits per heavy atom. The van der Waals surface area contributed by atoms with Crippen LogP contribution in [0.2, 0.25) is 0 Å². The molecular formula is C22H29N3O. The molecule has 138 valence electrons. The molecule has 1 aliphatic heterocycles. The van der Waals surface area contributed by atoms with Crippen LogP contribution in [0.1, 0.15) is 49.3 Å². The van der Waals surface area contributed by atoms with Crippen molar-refractivity contribution in [2.75, 3.05) is 18.0 Å². The van der Waals surface area contributed by atoms with Crippen molar-refractivity contribution >= 4 is 11.6 Å². The number of nitrogens with zero attached hydrogens (tertiary/aromatic N) is 2. The smallest absolute Gasteiger partial charge is 0.224 e. The van der Waals surface area contributed by atoms with Gasteiger partial charge in [0.15, 0.2) is 0 Å². The molecule has 0 radical (unpaired) electrons. The molecule has 1 saturated heterocycles. The number of anilines is 1. The largest absolute Gasteiger partial charge is 0.370 e. The second-order valence-corrected chi connectivity index (χ2v) is 7.62. The second-order valence-electron chi connectivity index (χ2n) is 7.62. The molecule has 26 heavy (non-hydrogen) atoms. The Balaban J connectivity index is 1.47. The quantitative estimate of drug-likeness (QED) is 0.890. The highest BCUT2D eigenvalue weighted by atomic mass is 16.1. The summed E-state index contributed by atoms with van der Waals surface area (Å²) in [7, 11) is 0. The van der Waals surface area contributed by atoms with Gasteiger partial charge in [-0.15, -0.1) is 0 Å². The van der Waals surface area contributed by atoms with E-state index in [1.165, 1.54) is 16.8 Å². The van der Waals surface area contributed by atoms with Crippen LogP contribution < -0.4 is 10.2 Å². The molecule has 2 aromatic rings. The van der Waals surface area contributed by atoms with Crippen molar-refractivity contribution in [1.82, 2.24) is 10.3 Å². The van der Waals surface area contributed by atoms with Gasteiger partial charge in [-0.2, -0.15) is 0 Å². The lowest BCUT2D eigenvalue weighted by Gasteiger charge is -2.33. The molecule has 0 unspecified atom stereocenters. The molecule has 4 heteroatoms. The van der Waals surface area contributed by atoms with Crippen LogP contribution in [0, 0.1) is 6.92 Å². The van der Waals surface area contributed by atoms with E-state index in [0.717, 1.165) is 31.5 Å². The van der Waals surface area contributed by atoms with Gasteiger partial charge in [0.1, 0.15) is 0 Å². The number of piperidine rings is 1. The van der Waals surface area contributed by atoms with Gasteiger partial charge in [-0.05, 0) is 48.4 Å². The highest BCUT2D eigenvalue weighted by Gasteiger charge is 2.21. The van der Waals surface area contributed by atoms with Gasteiger partial charge in [0.25, 0.3) is 0 Å². The zero-order chi connectivity index (χ0) is 18.5. The predicted molar refractivity (Wildman–Crippen MR) is 107 cm³/mol. The molecule has 0 saturated carbocycles. The fraction of sp³-hybridized carbons (Fsp3) is 0.455. The average Bonchev–Trinajstić information content (AvgIpc) is 2.62. The first kappa shape index (κ1) is 18.4. The zero-order valence-corrected chi connectivity index (χ0v) is 16.0. The normalized spacial score (nSPS) is 15.3. The average molecular weight is 351 g/mol.